The Labute approximate surface area is 229 Å². The maximum atomic E-state index is 15.1. The van der Waals surface area contributed by atoms with Crippen molar-refractivity contribution in [2.75, 3.05) is 0 Å². The molecule has 0 bridgehead atoms. The summed E-state index contributed by atoms with van der Waals surface area (Å²) in [5.74, 6) is -7.35. The first-order valence-electron chi connectivity index (χ1n) is 12.3. The Morgan fingerprint density at radius 1 is 1.08 bits per heavy atom. The van der Waals surface area contributed by atoms with Crippen LogP contribution in [0.5, 0.6) is 0 Å². The molecule has 1 N–H and O–H groups in total. The molecule has 38 heavy (non-hydrogen) atoms. The number of amides is 4. The van der Waals surface area contributed by atoms with E-state index in [9.17, 15) is 19.2 Å². The molecule has 16 heteroatoms. The van der Waals surface area contributed by atoms with E-state index in [4.69, 9.17) is 11.6 Å². The van der Waals surface area contributed by atoms with E-state index >= 15 is 8.78 Å². The lowest BCUT2D eigenvalue weighted by Crippen LogP contribution is -2.67. The van der Waals surface area contributed by atoms with Gasteiger partial charge in [0.05, 0.1) is 5.44 Å². The van der Waals surface area contributed by atoms with E-state index in [1.165, 1.54) is 25.0 Å². The molecule has 2 aliphatic rings. The smallest absolute Gasteiger partial charge is 0.348 e. The standard InChI is InChI=1S/C22H24B6ClF2N3O4/c23-14-15(24)20(25,18(37)32-16(14)35)33-8-9-7-11(3-6-13(9)17(33)36)22(26,27)34(28)19(38)21(30,31)10-1-4-12(29)5-2-10/h1-7,14-15H,8,23-28H2,(H,32,35,37)/t14?,15?,20-/m1/s1. The summed E-state index contributed by atoms with van der Waals surface area (Å²) in [6, 6.07) is 9.77. The summed E-state index contributed by atoms with van der Waals surface area (Å²) in [6.07, 6.45) is 0. The number of benzene rings is 2. The molecule has 2 aromatic carbocycles. The fourth-order valence-electron chi connectivity index (χ4n) is 5.16. The van der Waals surface area contributed by atoms with Crippen LogP contribution in [0.3, 0.4) is 0 Å². The van der Waals surface area contributed by atoms with E-state index in [2.05, 4.69) is 5.32 Å². The van der Waals surface area contributed by atoms with Gasteiger partial charge in [0.25, 0.3) is 11.8 Å². The van der Waals surface area contributed by atoms with Crippen molar-refractivity contribution in [3.05, 3.63) is 69.7 Å². The Balaban J connectivity index is 1.63. The van der Waals surface area contributed by atoms with Crippen LogP contribution >= 0.6 is 11.6 Å². The number of halogens is 3. The SMILES string of the molecule is BC1C(=O)NC(=O)[C@](B)(N2Cc3cc(C(B)(B)N(B)C(=O)C(F)(F)c4ccc(Cl)cc4)ccc3C2=O)C1B. The lowest BCUT2D eigenvalue weighted by atomic mass is 9.48. The number of piperidine rings is 1. The number of fused-ring (bicyclic) bond motifs is 1. The summed E-state index contributed by atoms with van der Waals surface area (Å²) >= 11 is 5.81. The molecule has 0 saturated carbocycles. The number of rotatable bonds is 5. The molecule has 0 aliphatic carbocycles. The Bertz CT molecular complexity index is 1370. The van der Waals surface area contributed by atoms with Crippen molar-refractivity contribution in [1.82, 2.24) is 15.0 Å². The van der Waals surface area contributed by atoms with Gasteiger partial charge in [-0.3, -0.25) is 24.5 Å². The van der Waals surface area contributed by atoms with E-state index in [1.54, 1.807) is 57.4 Å². The summed E-state index contributed by atoms with van der Waals surface area (Å²) in [6.45, 7) is 0.103. The van der Waals surface area contributed by atoms with Crippen molar-refractivity contribution in [1.29, 1.82) is 0 Å². The zero-order valence-electron chi connectivity index (χ0n) is 22.1. The van der Waals surface area contributed by atoms with Gasteiger partial charge in [-0.1, -0.05) is 35.9 Å². The van der Waals surface area contributed by atoms with Crippen LogP contribution in [0.4, 0.5) is 8.78 Å². The Hall–Kier alpha value is -2.94. The molecule has 4 rings (SSSR count). The van der Waals surface area contributed by atoms with Gasteiger partial charge in [-0.05, 0) is 40.5 Å². The van der Waals surface area contributed by atoms with Crippen LogP contribution in [0.1, 0.15) is 27.0 Å². The van der Waals surface area contributed by atoms with Gasteiger partial charge in [0.2, 0.25) is 19.8 Å². The Kier molecular flexibility index (Phi) is 6.92. The Morgan fingerprint density at radius 3 is 2.26 bits per heavy atom. The molecule has 7 nitrogen and oxygen atoms in total. The number of imide groups is 1. The molecular formula is C22H24B6ClF2N3O4. The second-order valence-electron chi connectivity index (χ2n) is 10.8. The van der Waals surface area contributed by atoms with Crippen molar-refractivity contribution in [2.24, 2.45) is 0 Å². The zero-order chi connectivity index (χ0) is 28.4. The lowest BCUT2D eigenvalue weighted by Gasteiger charge is -2.47. The maximum absolute atomic E-state index is 15.1. The van der Waals surface area contributed by atoms with Gasteiger partial charge >= 0.3 is 5.92 Å². The molecular weight excluding hydrogens is 509 g/mol. The van der Waals surface area contributed by atoms with E-state index in [1.807, 2.05) is 0 Å². The predicted octanol–water partition coefficient (Wildman–Crippen LogP) is -3.33. The number of alkyl halides is 2. The third kappa shape index (κ3) is 4.19. The van der Waals surface area contributed by atoms with Gasteiger partial charge in [0.1, 0.15) is 39.2 Å². The lowest BCUT2D eigenvalue weighted by molar-refractivity contribution is -0.155. The second kappa shape index (κ2) is 9.36. The van der Waals surface area contributed by atoms with Crippen LogP contribution in [-0.4, -0.2) is 86.0 Å². The van der Waals surface area contributed by atoms with E-state index in [0.29, 0.717) is 16.7 Å². The molecule has 3 atom stereocenters. The molecule has 2 aromatic rings. The number of carbonyl (C=O) groups is 4. The molecule has 0 spiro atoms. The molecule has 190 valence electrons. The van der Waals surface area contributed by atoms with Gasteiger partial charge in [-0.15, -0.1) is 0 Å². The van der Waals surface area contributed by atoms with Crippen LogP contribution in [0.15, 0.2) is 42.5 Å². The van der Waals surface area contributed by atoms with Crippen molar-refractivity contribution in [2.45, 2.75) is 34.9 Å². The number of hydrogen-bond acceptors (Lipinski definition) is 4. The highest BCUT2D eigenvalue weighted by molar-refractivity contribution is 6.44. The molecule has 0 radical (unpaired) electrons. The quantitative estimate of drug-likeness (QED) is 0.323. The third-order valence-electron chi connectivity index (χ3n) is 8.54. The van der Waals surface area contributed by atoms with Crippen molar-refractivity contribution in [3.63, 3.8) is 0 Å². The van der Waals surface area contributed by atoms with Crippen LogP contribution < -0.4 is 5.32 Å². The molecule has 4 amide bonds. The summed E-state index contributed by atoms with van der Waals surface area (Å²) in [7, 11) is 9.73. The van der Waals surface area contributed by atoms with Crippen molar-refractivity contribution >= 4 is 82.4 Å². The maximum Gasteiger partial charge on any atom is 0.348 e. The fourth-order valence-corrected chi connectivity index (χ4v) is 5.28. The largest absolute Gasteiger partial charge is 0.393 e. The summed E-state index contributed by atoms with van der Waals surface area (Å²) in [5.41, 5.74) is -0.187. The number of nitrogens with zero attached hydrogens (tertiary/aromatic N) is 2. The average molecular weight is 533 g/mol. The van der Waals surface area contributed by atoms with E-state index < -0.39 is 45.7 Å². The minimum Gasteiger partial charge on any atom is -0.393 e. The highest BCUT2D eigenvalue weighted by Gasteiger charge is 2.54. The number of nitrogens with one attached hydrogen (secondary N) is 1. The average Bonchev–Trinajstić information content (AvgIpc) is 3.21. The molecule has 1 saturated heterocycles. The van der Waals surface area contributed by atoms with Gasteiger partial charge in [-0.2, -0.15) is 8.78 Å². The third-order valence-corrected chi connectivity index (χ3v) is 8.79. The summed E-state index contributed by atoms with van der Waals surface area (Å²) in [4.78, 5) is 53.9. The Morgan fingerprint density at radius 2 is 1.66 bits per heavy atom. The predicted molar refractivity (Wildman–Crippen MR) is 155 cm³/mol. The summed E-state index contributed by atoms with van der Waals surface area (Å²) < 4.78 is 30.3. The van der Waals surface area contributed by atoms with Crippen LogP contribution in [0, 0.1) is 0 Å². The van der Waals surface area contributed by atoms with Crippen molar-refractivity contribution in [3.8, 4) is 0 Å². The first-order chi connectivity index (χ1) is 17.5. The first kappa shape index (κ1) is 28.1. The highest BCUT2D eigenvalue weighted by Crippen LogP contribution is 2.42. The van der Waals surface area contributed by atoms with E-state index in [-0.39, 0.29) is 23.4 Å². The monoisotopic (exact) mass is 533 g/mol. The van der Waals surface area contributed by atoms with E-state index in [0.717, 1.165) is 16.9 Å². The molecule has 0 aromatic heterocycles. The van der Waals surface area contributed by atoms with Gasteiger partial charge < -0.3 is 9.71 Å². The molecule has 2 unspecified atom stereocenters. The fraction of sp³-hybridized carbons (Fsp3) is 0.273. The normalized spacial score (nSPS) is 23.7. The molecule has 1 fully saturated rings. The van der Waals surface area contributed by atoms with Crippen LogP contribution in [-0.2, 0) is 32.2 Å². The number of carbonyl (C=O) groups excluding carboxylic acids is 4. The first-order valence-corrected chi connectivity index (χ1v) is 12.6. The van der Waals surface area contributed by atoms with Gasteiger partial charge in [-0.25, -0.2) is 0 Å². The topological polar surface area (TPSA) is 86.8 Å². The summed E-state index contributed by atoms with van der Waals surface area (Å²) in [5, 5.41) is 1.49. The second-order valence-corrected chi connectivity index (χ2v) is 11.2. The minimum atomic E-state index is -3.78. The highest BCUT2D eigenvalue weighted by atomic mass is 35.5. The van der Waals surface area contributed by atoms with Crippen LogP contribution in [0.2, 0.25) is 16.7 Å². The van der Waals surface area contributed by atoms with Gasteiger partial charge in [0.15, 0.2) is 0 Å². The minimum absolute atomic E-state index is 0.103. The zero-order valence-corrected chi connectivity index (χ0v) is 22.8. The van der Waals surface area contributed by atoms with Crippen LogP contribution in [0.25, 0.3) is 0 Å². The molecule has 2 heterocycles. The van der Waals surface area contributed by atoms with Crippen molar-refractivity contribution < 1.29 is 28.0 Å². The molecule has 2 aliphatic heterocycles. The van der Waals surface area contributed by atoms with Gasteiger partial charge in [0, 0.05) is 28.5 Å². The number of hydrogen-bond donors (Lipinski definition) is 1.